The highest BCUT2D eigenvalue weighted by Crippen LogP contribution is 2.13. The Morgan fingerprint density at radius 3 is 2.64 bits per heavy atom. The standard InChI is InChI=1S/C11H23NO2/c1-3-4-11(13)9-12(2)10-5-7-14-8-6-10/h10-11,13H,3-9H2,1-2H3. The lowest BCUT2D eigenvalue weighted by Crippen LogP contribution is -2.40. The Morgan fingerprint density at radius 2 is 2.07 bits per heavy atom. The average Bonchev–Trinajstić information content (AvgIpc) is 2.19. The van der Waals surface area contributed by atoms with Crippen molar-refractivity contribution in [3.05, 3.63) is 0 Å². The quantitative estimate of drug-likeness (QED) is 0.727. The third kappa shape index (κ3) is 3.95. The van der Waals surface area contributed by atoms with Crippen LogP contribution >= 0.6 is 0 Å². The largest absolute Gasteiger partial charge is 0.392 e. The Kier molecular flexibility index (Phi) is 5.45. The maximum absolute atomic E-state index is 9.68. The average molecular weight is 201 g/mol. The van der Waals surface area contributed by atoms with Crippen molar-refractivity contribution >= 4 is 0 Å². The van der Waals surface area contributed by atoms with Gasteiger partial charge < -0.3 is 14.7 Å². The minimum atomic E-state index is -0.159. The molecule has 1 heterocycles. The zero-order valence-electron chi connectivity index (χ0n) is 9.41. The van der Waals surface area contributed by atoms with Crippen LogP contribution in [0.2, 0.25) is 0 Å². The summed E-state index contributed by atoms with van der Waals surface area (Å²) in [6.45, 7) is 4.66. The van der Waals surface area contributed by atoms with Crippen molar-refractivity contribution in [3.8, 4) is 0 Å². The molecule has 1 rings (SSSR count). The molecule has 1 atom stereocenters. The molecule has 0 radical (unpaired) electrons. The first-order chi connectivity index (χ1) is 6.74. The molecule has 1 aliphatic heterocycles. The Morgan fingerprint density at radius 1 is 1.43 bits per heavy atom. The molecule has 84 valence electrons. The summed E-state index contributed by atoms with van der Waals surface area (Å²) in [5.74, 6) is 0. The molecule has 0 spiro atoms. The molecule has 0 saturated carbocycles. The fourth-order valence-corrected chi connectivity index (χ4v) is 2.03. The van der Waals surface area contributed by atoms with E-state index in [1.807, 2.05) is 0 Å². The highest BCUT2D eigenvalue weighted by molar-refractivity contribution is 4.73. The van der Waals surface area contributed by atoms with Gasteiger partial charge >= 0.3 is 0 Å². The van der Waals surface area contributed by atoms with Crippen LogP contribution in [0.3, 0.4) is 0 Å². The monoisotopic (exact) mass is 201 g/mol. The molecule has 1 aliphatic rings. The van der Waals surface area contributed by atoms with Crippen LogP contribution < -0.4 is 0 Å². The Hall–Kier alpha value is -0.120. The van der Waals surface area contributed by atoms with Crippen molar-refractivity contribution in [2.75, 3.05) is 26.8 Å². The van der Waals surface area contributed by atoms with Crippen LogP contribution in [0, 0.1) is 0 Å². The van der Waals surface area contributed by atoms with Crippen molar-refractivity contribution in [2.24, 2.45) is 0 Å². The molecule has 3 heteroatoms. The summed E-state index contributed by atoms with van der Waals surface area (Å²) < 4.78 is 5.31. The van der Waals surface area contributed by atoms with E-state index in [1.54, 1.807) is 0 Å². The lowest BCUT2D eigenvalue weighted by Gasteiger charge is -2.32. The van der Waals surface area contributed by atoms with E-state index in [-0.39, 0.29) is 6.10 Å². The van der Waals surface area contributed by atoms with Crippen molar-refractivity contribution in [2.45, 2.75) is 44.8 Å². The van der Waals surface area contributed by atoms with E-state index in [0.29, 0.717) is 6.04 Å². The van der Waals surface area contributed by atoms with Crippen LogP contribution in [0.15, 0.2) is 0 Å². The van der Waals surface area contributed by atoms with Crippen molar-refractivity contribution in [1.82, 2.24) is 4.90 Å². The molecule has 0 aromatic rings. The SMILES string of the molecule is CCCC(O)CN(C)C1CCOCC1. The van der Waals surface area contributed by atoms with E-state index in [2.05, 4.69) is 18.9 Å². The molecule has 1 fully saturated rings. The first-order valence-electron chi connectivity index (χ1n) is 5.70. The molecular formula is C11H23NO2. The molecular weight excluding hydrogens is 178 g/mol. The van der Waals surface area contributed by atoms with Gasteiger partial charge in [-0.1, -0.05) is 13.3 Å². The van der Waals surface area contributed by atoms with Crippen LogP contribution in [-0.4, -0.2) is 49.0 Å². The molecule has 3 nitrogen and oxygen atoms in total. The second-order valence-electron chi connectivity index (χ2n) is 4.23. The molecule has 1 unspecified atom stereocenters. The molecule has 14 heavy (non-hydrogen) atoms. The Labute approximate surface area is 87.1 Å². The van der Waals surface area contributed by atoms with Crippen molar-refractivity contribution in [3.63, 3.8) is 0 Å². The number of ether oxygens (including phenoxy) is 1. The first kappa shape index (κ1) is 12.0. The number of hydrogen-bond donors (Lipinski definition) is 1. The fraction of sp³-hybridized carbons (Fsp3) is 1.00. The summed E-state index contributed by atoms with van der Waals surface area (Å²) in [5, 5.41) is 9.68. The van der Waals surface area contributed by atoms with Gasteiger partial charge in [0.25, 0.3) is 0 Å². The van der Waals surface area contributed by atoms with Gasteiger partial charge in [0, 0.05) is 25.8 Å². The smallest absolute Gasteiger partial charge is 0.0667 e. The van der Waals surface area contributed by atoms with E-state index in [0.717, 1.165) is 45.4 Å². The Bertz CT molecular complexity index is 146. The van der Waals surface area contributed by atoms with Crippen molar-refractivity contribution < 1.29 is 9.84 Å². The topological polar surface area (TPSA) is 32.7 Å². The minimum absolute atomic E-state index is 0.159. The molecule has 0 aliphatic carbocycles. The molecule has 0 aromatic carbocycles. The van der Waals surface area contributed by atoms with E-state index < -0.39 is 0 Å². The summed E-state index contributed by atoms with van der Waals surface area (Å²) in [5.41, 5.74) is 0. The highest BCUT2D eigenvalue weighted by Gasteiger charge is 2.19. The van der Waals surface area contributed by atoms with Gasteiger partial charge in [-0.15, -0.1) is 0 Å². The maximum atomic E-state index is 9.68. The normalized spacial score (nSPS) is 21.4. The van der Waals surface area contributed by atoms with Crippen LogP contribution in [0.5, 0.6) is 0 Å². The predicted octanol–water partition coefficient (Wildman–Crippen LogP) is 1.26. The second-order valence-corrected chi connectivity index (χ2v) is 4.23. The molecule has 1 saturated heterocycles. The third-order valence-electron chi connectivity index (χ3n) is 2.93. The number of aliphatic hydroxyl groups is 1. The van der Waals surface area contributed by atoms with Gasteiger partial charge in [0.2, 0.25) is 0 Å². The predicted molar refractivity (Wildman–Crippen MR) is 57.4 cm³/mol. The first-order valence-corrected chi connectivity index (χ1v) is 5.70. The van der Waals surface area contributed by atoms with E-state index in [9.17, 15) is 5.11 Å². The van der Waals surface area contributed by atoms with Gasteiger partial charge in [0.1, 0.15) is 0 Å². The summed E-state index contributed by atoms with van der Waals surface area (Å²) in [4.78, 5) is 2.28. The van der Waals surface area contributed by atoms with E-state index in [4.69, 9.17) is 4.74 Å². The summed E-state index contributed by atoms with van der Waals surface area (Å²) in [6, 6.07) is 0.607. The minimum Gasteiger partial charge on any atom is -0.392 e. The fourth-order valence-electron chi connectivity index (χ4n) is 2.03. The van der Waals surface area contributed by atoms with Gasteiger partial charge in [0.15, 0.2) is 0 Å². The highest BCUT2D eigenvalue weighted by atomic mass is 16.5. The van der Waals surface area contributed by atoms with Gasteiger partial charge in [-0.25, -0.2) is 0 Å². The van der Waals surface area contributed by atoms with E-state index in [1.165, 1.54) is 0 Å². The zero-order valence-corrected chi connectivity index (χ0v) is 9.41. The number of hydrogen-bond acceptors (Lipinski definition) is 3. The van der Waals surface area contributed by atoms with Gasteiger partial charge in [0.05, 0.1) is 6.10 Å². The molecule has 0 bridgehead atoms. The zero-order chi connectivity index (χ0) is 10.4. The Balaban J connectivity index is 2.21. The third-order valence-corrected chi connectivity index (χ3v) is 2.93. The van der Waals surface area contributed by atoms with Crippen LogP contribution in [0.25, 0.3) is 0 Å². The second kappa shape index (κ2) is 6.38. The molecule has 1 N–H and O–H groups in total. The van der Waals surface area contributed by atoms with Crippen LogP contribution in [0.4, 0.5) is 0 Å². The lowest BCUT2D eigenvalue weighted by atomic mass is 10.1. The van der Waals surface area contributed by atoms with Crippen LogP contribution in [-0.2, 0) is 4.74 Å². The summed E-state index contributed by atoms with van der Waals surface area (Å²) >= 11 is 0. The van der Waals surface area contributed by atoms with Gasteiger partial charge in [-0.3, -0.25) is 0 Å². The van der Waals surface area contributed by atoms with Gasteiger partial charge in [-0.2, -0.15) is 0 Å². The molecule has 0 amide bonds. The maximum Gasteiger partial charge on any atom is 0.0667 e. The molecule has 0 aromatic heterocycles. The number of rotatable bonds is 5. The van der Waals surface area contributed by atoms with Crippen molar-refractivity contribution in [1.29, 1.82) is 0 Å². The van der Waals surface area contributed by atoms with Gasteiger partial charge in [-0.05, 0) is 26.3 Å². The number of nitrogens with zero attached hydrogens (tertiary/aromatic N) is 1. The summed E-state index contributed by atoms with van der Waals surface area (Å²) in [7, 11) is 2.11. The van der Waals surface area contributed by atoms with E-state index >= 15 is 0 Å². The lowest BCUT2D eigenvalue weighted by molar-refractivity contribution is 0.0241. The van der Waals surface area contributed by atoms with Crippen LogP contribution in [0.1, 0.15) is 32.6 Å². The summed E-state index contributed by atoms with van der Waals surface area (Å²) in [6.07, 6.45) is 4.02. The number of aliphatic hydroxyl groups excluding tert-OH is 1. The number of likely N-dealkylation sites (N-methyl/N-ethyl adjacent to an activating group) is 1.